The van der Waals surface area contributed by atoms with Gasteiger partial charge in [0.15, 0.2) is 0 Å². The Bertz CT molecular complexity index is 1090. The minimum atomic E-state index is 0.329. The molecule has 0 unspecified atom stereocenters. The SMILES string of the molecule is Cc1cccc2c1N=C(N)N(c1ccc(C#N)cc1)C(c1ccccc1)=N2. The Morgan fingerprint density at radius 1 is 0.889 bits per heavy atom. The molecule has 0 aromatic heterocycles. The zero-order valence-electron chi connectivity index (χ0n) is 14.8. The normalized spacial score (nSPS) is 13.1. The van der Waals surface area contributed by atoms with Gasteiger partial charge < -0.3 is 5.73 Å². The van der Waals surface area contributed by atoms with Crippen molar-refractivity contribution in [1.82, 2.24) is 0 Å². The number of anilines is 1. The van der Waals surface area contributed by atoms with Gasteiger partial charge in [-0.2, -0.15) is 5.26 Å². The number of nitrogens with zero attached hydrogens (tertiary/aromatic N) is 4. The molecule has 130 valence electrons. The van der Waals surface area contributed by atoms with Crippen LogP contribution in [0.1, 0.15) is 16.7 Å². The van der Waals surface area contributed by atoms with Crippen molar-refractivity contribution in [2.24, 2.45) is 15.7 Å². The van der Waals surface area contributed by atoms with E-state index in [0.717, 1.165) is 28.2 Å². The molecule has 0 radical (unpaired) electrons. The van der Waals surface area contributed by atoms with Gasteiger partial charge in [0.2, 0.25) is 5.96 Å². The Labute approximate surface area is 157 Å². The van der Waals surface area contributed by atoms with E-state index in [1.54, 1.807) is 12.1 Å². The number of hydrogen-bond donors (Lipinski definition) is 1. The van der Waals surface area contributed by atoms with Crippen LogP contribution in [0.15, 0.2) is 82.8 Å². The molecular weight excluding hydrogens is 334 g/mol. The van der Waals surface area contributed by atoms with E-state index in [1.165, 1.54) is 0 Å². The number of fused-ring (bicyclic) bond motifs is 1. The molecule has 5 nitrogen and oxygen atoms in total. The number of nitriles is 1. The summed E-state index contributed by atoms with van der Waals surface area (Å²) in [6.45, 7) is 1.99. The maximum atomic E-state index is 9.08. The van der Waals surface area contributed by atoms with E-state index >= 15 is 0 Å². The number of amidine groups is 1. The summed E-state index contributed by atoms with van der Waals surface area (Å²) in [6, 6.07) is 25.1. The lowest BCUT2D eigenvalue weighted by atomic mass is 10.1. The van der Waals surface area contributed by atoms with Crippen molar-refractivity contribution in [1.29, 1.82) is 5.26 Å². The van der Waals surface area contributed by atoms with Gasteiger partial charge in [-0.1, -0.05) is 42.5 Å². The molecule has 0 amide bonds. The first kappa shape index (κ1) is 16.6. The van der Waals surface area contributed by atoms with Gasteiger partial charge in [0, 0.05) is 5.56 Å². The lowest BCUT2D eigenvalue weighted by molar-refractivity contribution is 1.32. The fourth-order valence-corrected chi connectivity index (χ4v) is 3.04. The minimum Gasteiger partial charge on any atom is -0.369 e. The molecule has 0 saturated carbocycles. The molecule has 0 atom stereocenters. The van der Waals surface area contributed by atoms with Crippen molar-refractivity contribution in [3.8, 4) is 6.07 Å². The third-order valence-corrected chi connectivity index (χ3v) is 4.40. The fraction of sp³-hybridized carbons (Fsp3) is 0.0455. The molecule has 3 aromatic carbocycles. The van der Waals surface area contributed by atoms with Crippen molar-refractivity contribution in [2.45, 2.75) is 6.92 Å². The zero-order chi connectivity index (χ0) is 18.8. The second-order valence-electron chi connectivity index (χ2n) is 6.21. The molecule has 1 heterocycles. The molecule has 0 fully saturated rings. The molecule has 0 bridgehead atoms. The van der Waals surface area contributed by atoms with E-state index in [2.05, 4.69) is 11.1 Å². The quantitative estimate of drug-likeness (QED) is 0.743. The first-order chi connectivity index (χ1) is 13.2. The van der Waals surface area contributed by atoms with Crippen LogP contribution in [0.5, 0.6) is 0 Å². The van der Waals surface area contributed by atoms with Crippen LogP contribution in [-0.2, 0) is 0 Å². The van der Waals surface area contributed by atoms with Gasteiger partial charge in [-0.15, -0.1) is 0 Å². The standard InChI is InChI=1S/C22H17N5/c1-15-6-5-9-19-20(15)26-22(24)27(18-12-10-16(14-23)11-13-18)21(25-19)17-7-3-2-4-8-17/h2-13H,1H3,(H2,24,26). The Kier molecular flexibility index (Phi) is 4.15. The topological polar surface area (TPSA) is 77.8 Å². The molecule has 0 spiro atoms. The first-order valence-corrected chi connectivity index (χ1v) is 8.55. The minimum absolute atomic E-state index is 0.329. The summed E-state index contributed by atoms with van der Waals surface area (Å²) in [4.78, 5) is 11.4. The highest BCUT2D eigenvalue weighted by molar-refractivity contribution is 6.26. The Hall–Kier alpha value is -3.91. The maximum absolute atomic E-state index is 9.08. The van der Waals surface area contributed by atoms with Crippen LogP contribution in [-0.4, -0.2) is 11.8 Å². The van der Waals surface area contributed by atoms with E-state index in [1.807, 2.05) is 72.5 Å². The van der Waals surface area contributed by atoms with Crippen molar-refractivity contribution in [3.05, 3.63) is 89.5 Å². The maximum Gasteiger partial charge on any atom is 0.207 e. The van der Waals surface area contributed by atoms with E-state index in [9.17, 15) is 0 Å². The summed E-state index contributed by atoms with van der Waals surface area (Å²) >= 11 is 0. The molecule has 0 aliphatic carbocycles. The number of aliphatic imine (C=N–C) groups is 2. The van der Waals surface area contributed by atoms with Crippen molar-refractivity contribution in [3.63, 3.8) is 0 Å². The van der Waals surface area contributed by atoms with E-state index < -0.39 is 0 Å². The number of rotatable bonds is 2. The summed E-state index contributed by atoms with van der Waals surface area (Å²) in [5, 5.41) is 9.08. The zero-order valence-corrected chi connectivity index (χ0v) is 14.8. The number of para-hydroxylation sites is 1. The smallest absolute Gasteiger partial charge is 0.207 e. The molecule has 1 aliphatic heterocycles. The van der Waals surface area contributed by atoms with Crippen LogP contribution in [0.25, 0.3) is 0 Å². The van der Waals surface area contributed by atoms with Crippen LogP contribution in [0.3, 0.4) is 0 Å². The molecule has 5 heteroatoms. The largest absolute Gasteiger partial charge is 0.369 e. The Balaban J connectivity index is 1.96. The van der Waals surface area contributed by atoms with E-state index in [4.69, 9.17) is 16.0 Å². The molecule has 27 heavy (non-hydrogen) atoms. The lowest BCUT2D eigenvalue weighted by Crippen LogP contribution is -2.42. The molecule has 2 N–H and O–H groups in total. The second kappa shape index (κ2) is 6.77. The summed E-state index contributed by atoms with van der Waals surface area (Å²) in [5.41, 5.74) is 11.3. The van der Waals surface area contributed by atoms with Crippen molar-refractivity contribution in [2.75, 3.05) is 4.90 Å². The first-order valence-electron chi connectivity index (χ1n) is 8.55. The molecule has 1 aliphatic rings. The van der Waals surface area contributed by atoms with Gasteiger partial charge in [0.05, 0.1) is 28.7 Å². The third-order valence-electron chi connectivity index (χ3n) is 4.40. The van der Waals surface area contributed by atoms with Crippen molar-refractivity contribution < 1.29 is 0 Å². The number of nitrogens with two attached hydrogens (primary N) is 1. The molecule has 0 saturated heterocycles. The highest BCUT2D eigenvalue weighted by atomic mass is 15.3. The Morgan fingerprint density at radius 2 is 1.63 bits per heavy atom. The summed E-state index contributed by atoms with van der Waals surface area (Å²) in [6.07, 6.45) is 0. The number of aryl methyl sites for hydroxylation is 1. The van der Waals surface area contributed by atoms with Gasteiger partial charge in [-0.25, -0.2) is 9.98 Å². The summed E-state index contributed by atoms with van der Waals surface area (Å²) in [7, 11) is 0. The Morgan fingerprint density at radius 3 is 2.33 bits per heavy atom. The molecule has 3 aromatic rings. The monoisotopic (exact) mass is 351 g/mol. The van der Waals surface area contributed by atoms with Crippen LogP contribution in [0.2, 0.25) is 0 Å². The van der Waals surface area contributed by atoms with Gasteiger partial charge in [0.25, 0.3) is 0 Å². The lowest BCUT2D eigenvalue weighted by Gasteiger charge is -2.24. The van der Waals surface area contributed by atoms with Crippen molar-refractivity contribution >= 4 is 28.9 Å². The van der Waals surface area contributed by atoms with Crippen LogP contribution in [0.4, 0.5) is 17.1 Å². The third kappa shape index (κ3) is 3.05. The highest BCUT2D eigenvalue weighted by Gasteiger charge is 2.23. The molecular formula is C22H17N5. The summed E-state index contributed by atoms with van der Waals surface area (Å²) < 4.78 is 0. The second-order valence-corrected chi connectivity index (χ2v) is 6.21. The van der Waals surface area contributed by atoms with E-state index in [-0.39, 0.29) is 0 Å². The summed E-state index contributed by atoms with van der Waals surface area (Å²) in [5.74, 6) is 1.02. The number of benzene rings is 3. The average Bonchev–Trinajstić information content (AvgIpc) is 2.86. The van der Waals surface area contributed by atoms with Gasteiger partial charge >= 0.3 is 0 Å². The van der Waals surface area contributed by atoms with Crippen LogP contribution < -0.4 is 10.6 Å². The molecule has 4 rings (SSSR count). The van der Waals surface area contributed by atoms with Crippen LogP contribution >= 0.6 is 0 Å². The number of hydrogen-bond acceptors (Lipinski definition) is 5. The average molecular weight is 351 g/mol. The number of guanidine groups is 1. The predicted molar refractivity (Wildman–Crippen MR) is 109 cm³/mol. The van der Waals surface area contributed by atoms with Gasteiger partial charge in [-0.05, 0) is 42.8 Å². The highest BCUT2D eigenvalue weighted by Crippen LogP contribution is 2.35. The van der Waals surface area contributed by atoms with Crippen LogP contribution in [0, 0.1) is 18.3 Å². The van der Waals surface area contributed by atoms with Gasteiger partial charge in [0.1, 0.15) is 5.84 Å². The van der Waals surface area contributed by atoms with Gasteiger partial charge in [-0.3, -0.25) is 4.90 Å². The van der Waals surface area contributed by atoms with E-state index in [0.29, 0.717) is 17.4 Å². The fourth-order valence-electron chi connectivity index (χ4n) is 3.04. The predicted octanol–water partition coefficient (Wildman–Crippen LogP) is 4.41.